The number of unbranched alkanes of at least 4 members (excludes halogenated alkanes) is 28. The monoisotopic (exact) mass is 827 g/mol. The third-order valence-corrected chi connectivity index (χ3v) is 10.9. The van der Waals surface area contributed by atoms with E-state index in [9.17, 15) is 14.4 Å². The standard InChI is InChI=1S/C53H94O6/c1-4-7-10-13-16-19-21-23-25-26-27-28-30-31-34-37-40-43-46-52(55)58-49-50(48-57-51(54)45-42-39-36-33-18-15-12-9-6-3)59-53(56)47-44-41-38-35-32-29-24-22-20-17-14-11-8-5-2/h21,23,25-29,32,50H,4-20,22,24,30-31,33-49H2,1-3H3/b23-21-,26-25-,28-27-,32-29-. The zero-order chi connectivity index (χ0) is 43.0. The fraction of sp³-hybridized carbons (Fsp3) is 0.792. The summed E-state index contributed by atoms with van der Waals surface area (Å²) in [6.07, 6.45) is 56.7. The molecule has 59 heavy (non-hydrogen) atoms. The van der Waals surface area contributed by atoms with Gasteiger partial charge in [0.1, 0.15) is 13.2 Å². The first-order chi connectivity index (χ1) is 29.0. The Labute approximate surface area is 365 Å². The van der Waals surface area contributed by atoms with Gasteiger partial charge in [-0.1, -0.05) is 211 Å². The maximum Gasteiger partial charge on any atom is 0.306 e. The number of allylic oxidation sites excluding steroid dienone is 8. The molecule has 0 amide bonds. The van der Waals surface area contributed by atoms with E-state index in [1.807, 2.05) is 0 Å². The van der Waals surface area contributed by atoms with Crippen molar-refractivity contribution in [2.45, 2.75) is 258 Å². The molecule has 0 aromatic heterocycles. The smallest absolute Gasteiger partial charge is 0.306 e. The molecule has 1 atom stereocenters. The molecule has 0 rings (SSSR count). The van der Waals surface area contributed by atoms with Gasteiger partial charge in [-0.3, -0.25) is 14.4 Å². The highest BCUT2D eigenvalue weighted by atomic mass is 16.6. The lowest BCUT2D eigenvalue weighted by molar-refractivity contribution is -0.167. The molecule has 0 aromatic rings. The quantitative estimate of drug-likeness (QED) is 0.0200. The van der Waals surface area contributed by atoms with E-state index in [0.717, 1.165) is 89.9 Å². The number of rotatable bonds is 45. The summed E-state index contributed by atoms with van der Waals surface area (Å²) >= 11 is 0. The van der Waals surface area contributed by atoms with Gasteiger partial charge in [-0.2, -0.15) is 0 Å². The molecule has 0 heterocycles. The molecule has 1 unspecified atom stereocenters. The number of ether oxygens (including phenoxy) is 3. The molecule has 0 aromatic carbocycles. The lowest BCUT2D eigenvalue weighted by Gasteiger charge is -2.18. The number of carbonyl (C=O) groups excluding carboxylic acids is 3. The summed E-state index contributed by atoms with van der Waals surface area (Å²) in [5.74, 6) is -0.919. The number of carbonyl (C=O) groups is 3. The Morgan fingerprint density at radius 1 is 0.339 bits per heavy atom. The topological polar surface area (TPSA) is 78.9 Å². The Kier molecular flexibility index (Phi) is 45.9. The summed E-state index contributed by atoms with van der Waals surface area (Å²) in [7, 11) is 0. The molecule has 0 N–H and O–H groups in total. The summed E-state index contributed by atoms with van der Waals surface area (Å²) in [5.41, 5.74) is 0. The summed E-state index contributed by atoms with van der Waals surface area (Å²) < 4.78 is 16.7. The Morgan fingerprint density at radius 3 is 1.00 bits per heavy atom. The van der Waals surface area contributed by atoms with E-state index >= 15 is 0 Å². The Hall–Kier alpha value is -2.63. The minimum absolute atomic E-state index is 0.0844. The fourth-order valence-corrected chi connectivity index (χ4v) is 7.03. The van der Waals surface area contributed by atoms with Gasteiger partial charge in [-0.15, -0.1) is 0 Å². The molecule has 0 radical (unpaired) electrons. The molecule has 0 saturated carbocycles. The van der Waals surface area contributed by atoms with Crippen LogP contribution < -0.4 is 0 Å². The van der Waals surface area contributed by atoms with Crippen molar-refractivity contribution >= 4 is 17.9 Å². The van der Waals surface area contributed by atoms with Crippen LogP contribution in [0.5, 0.6) is 0 Å². The van der Waals surface area contributed by atoms with Crippen molar-refractivity contribution in [1.82, 2.24) is 0 Å². The van der Waals surface area contributed by atoms with Gasteiger partial charge >= 0.3 is 17.9 Å². The van der Waals surface area contributed by atoms with Crippen molar-refractivity contribution in [2.75, 3.05) is 13.2 Å². The average molecular weight is 827 g/mol. The lowest BCUT2D eigenvalue weighted by Crippen LogP contribution is -2.30. The van der Waals surface area contributed by atoms with E-state index in [-0.39, 0.29) is 31.1 Å². The highest BCUT2D eigenvalue weighted by molar-refractivity contribution is 5.71. The maximum atomic E-state index is 12.7. The van der Waals surface area contributed by atoms with Gasteiger partial charge in [0.25, 0.3) is 0 Å². The molecule has 6 heteroatoms. The second-order valence-corrected chi connectivity index (χ2v) is 16.8. The van der Waals surface area contributed by atoms with Crippen LogP contribution in [0, 0.1) is 0 Å². The van der Waals surface area contributed by atoms with E-state index < -0.39 is 6.10 Å². The van der Waals surface area contributed by atoms with Gasteiger partial charge in [-0.25, -0.2) is 0 Å². The van der Waals surface area contributed by atoms with Crippen LogP contribution in [-0.4, -0.2) is 37.2 Å². The van der Waals surface area contributed by atoms with Crippen LogP contribution in [-0.2, 0) is 28.6 Å². The van der Waals surface area contributed by atoms with Crippen LogP contribution in [0.3, 0.4) is 0 Å². The van der Waals surface area contributed by atoms with E-state index in [1.54, 1.807) is 0 Å². The first-order valence-electron chi connectivity index (χ1n) is 25.2. The van der Waals surface area contributed by atoms with Gasteiger partial charge in [0.15, 0.2) is 6.10 Å². The Bertz CT molecular complexity index is 1040. The van der Waals surface area contributed by atoms with E-state index in [4.69, 9.17) is 14.2 Å². The van der Waals surface area contributed by atoms with Gasteiger partial charge in [0.2, 0.25) is 0 Å². The summed E-state index contributed by atoms with van der Waals surface area (Å²) in [5, 5.41) is 0. The van der Waals surface area contributed by atoms with Crippen LogP contribution in [0.1, 0.15) is 252 Å². The van der Waals surface area contributed by atoms with Gasteiger partial charge in [0, 0.05) is 19.3 Å². The molecule has 6 nitrogen and oxygen atoms in total. The molecule has 0 aliphatic carbocycles. The van der Waals surface area contributed by atoms with E-state index in [0.29, 0.717) is 19.3 Å². The first kappa shape index (κ1) is 56.4. The molecule has 0 spiro atoms. The van der Waals surface area contributed by atoms with E-state index in [2.05, 4.69) is 69.4 Å². The van der Waals surface area contributed by atoms with Crippen LogP contribution >= 0.6 is 0 Å². The zero-order valence-electron chi connectivity index (χ0n) is 39.0. The third kappa shape index (κ3) is 46.3. The van der Waals surface area contributed by atoms with Crippen LogP contribution in [0.4, 0.5) is 0 Å². The van der Waals surface area contributed by atoms with Crippen LogP contribution in [0.25, 0.3) is 0 Å². The predicted octanol–water partition coefficient (Wildman–Crippen LogP) is 16.3. The number of hydrogen-bond donors (Lipinski definition) is 0. The Balaban J connectivity index is 4.38. The maximum absolute atomic E-state index is 12.7. The van der Waals surface area contributed by atoms with Crippen LogP contribution in [0.2, 0.25) is 0 Å². The van der Waals surface area contributed by atoms with Crippen molar-refractivity contribution in [3.8, 4) is 0 Å². The average Bonchev–Trinajstić information content (AvgIpc) is 3.23. The lowest BCUT2D eigenvalue weighted by atomic mass is 10.1. The van der Waals surface area contributed by atoms with E-state index in [1.165, 1.54) is 122 Å². The largest absolute Gasteiger partial charge is 0.462 e. The molecular formula is C53H94O6. The molecule has 0 bridgehead atoms. The van der Waals surface area contributed by atoms with Gasteiger partial charge in [0.05, 0.1) is 0 Å². The minimum Gasteiger partial charge on any atom is -0.462 e. The van der Waals surface area contributed by atoms with Crippen molar-refractivity contribution in [3.63, 3.8) is 0 Å². The van der Waals surface area contributed by atoms with Gasteiger partial charge < -0.3 is 14.2 Å². The first-order valence-corrected chi connectivity index (χ1v) is 25.2. The molecule has 0 aliphatic rings. The fourth-order valence-electron chi connectivity index (χ4n) is 7.03. The molecule has 0 saturated heterocycles. The Morgan fingerprint density at radius 2 is 0.627 bits per heavy atom. The highest BCUT2D eigenvalue weighted by Crippen LogP contribution is 2.14. The highest BCUT2D eigenvalue weighted by Gasteiger charge is 2.19. The molecule has 342 valence electrons. The molecular weight excluding hydrogens is 733 g/mol. The second-order valence-electron chi connectivity index (χ2n) is 16.8. The third-order valence-electron chi connectivity index (χ3n) is 10.9. The molecule has 0 fully saturated rings. The van der Waals surface area contributed by atoms with Crippen LogP contribution in [0.15, 0.2) is 48.6 Å². The zero-order valence-corrected chi connectivity index (χ0v) is 39.0. The molecule has 0 aliphatic heterocycles. The summed E-state index contributed by atoms with van der Waals surface area (Å²) in [4.78, 5) is 37.8. The SMILES string of the molecule is CCCCCCC\C=C/C=C\C=C/CCCCCCCC(=O)OCC(COC(=O)CCCCCCCCCCC)OC(=O)CCCCC/C=C\CCCCCCCCC. The number of esters is 3. The second kappa shape index (κ2) is 48.0. The van der Waals surface area contributed by atoms with Gasteiger partial charge in [-0.05, 0) is 70.6 Å². The van der Waals surface area contributed by atoms with Crippen molar-refractivity contribution < 1.29 is 28.6 Å². The minimum atomic E-state index is -0.785. The summed E-state index contributed by atoms with van der Waals surface area (Å²) in [6.45, 7) is 6.57. The van der Waals surface area contributed by atoms with Crippen molar-refractivity contribution in [1.29, 1.82) is 0 Å². The van der Waals surface area contributed by atoms with Crippen molar-refractivity contribution in [2.24, 2.45) is 0 Å². The predicted molar refractivity (Wildman–Crippen MR) is 252 cm³/mol. The van der Waals surface area contributed by atoms with Crippen molar-refractivity contribution in [3.05, 3.63) is 48.6 Å². The normalized spacial score (nSPS) is 12.4. The summed E-state index contributed by atoms with van der Waals surface area (Å²) in [6, 6.07) is 0. The number of hydrogen-bond acceptors (Lipinski definition) is 6.